The van der Waals surface area contributed by atoms with Crippen LogP contribution in [0.5, 0.6) is 0 Å². The molecular weight excluding hydrogens is 240 g/mol. The fourth-order valence-electron chi connectivity index (χ4n) is 2.01. The summed E-state index contributed by atoms with van der Waals surface area (Å²) >= 11 is 0. The highest BCUT2D eigenvalue weighted by atomic mass is 32.2. The molecule has 2 N–H and O–H groups in total. The van der Waals surface area contributed by atoms with E-state index in [0.717, 1.165) is 6.42 Å². The van der Waals surface area contributed by atoms with Crippen LogP contribution in [0.15, 0.2) is 0 Å². The summed E-state index contributed by atoms with van der Waals surface area (Å²) in [5.74, 6) is 0.121. The molecule has 0 saturated carbocycles. The Hall–Kier alpha value is -0.620. The third-order valence-corrected chi connectivity index (χ3v) is 4.79. The molecule has 0 aliphatic carbocycles. The molecule has 0 aromatic rings. The van der Waals surface area contributed by atoms with Gasteiger partial charge in [-0.25, -0.2) is 8.42 Å². The molecule has 0 bridgehead atoms. The molecule has 1 saturated heterocycles. The Labute approximate surface area is 103 Å². The first-order valence-corrected chi connectivity index (χ1v) is 7.86. The summed E-state index contributed by atoms with van der Waals surface area (Å²) in [7, 11) is -3.10. The van der Waals surface area contributed by atoms with Crippen molar-refractivity contribution >= 4 is 15.7 Å². The minimum absolute atomic E-state index is 0.0459. The van der Waals surface area contributed by atoms with E-state index in [1.807, 2.05) is 13.8 Å². The zero-order valence-corrected chi connectivity index (χ0v) is 11.4. The molecule has 1 rings (SSSR count). The first kappa shape index (κ1) is 14.4. The van der Waals surface area contributed by atoms with Crippen LogP contribution in [0.2, 0.25) is 0 Å². The van der Waals surface area contributed by atoms with Crippen molar-refractivity contribution in [2.45, 2.75) is 32.7 Å². The maximum Gasteiger partial charge on any atom is 0.223 e. The van der Waals surface area contributed by atoms with Gasteiger partial charge in [0.25, 0.3) is 0 Å². The van der Waals surface area contributed by atoms with Crippen LogP contribution < -0.4 is 5.73 Å². The number of nitrogens with zero attached hydrogens (tertiary/aromatic N) is 1. The number of carbonyl (C=O) groups excluding carboxylic acids is 1. The van der Waals surface area contributed by atoms with Crippen LogP contribution in [0.1, 0.15) is 26.7 Å². The van der Waals surface area contributed by atoms with Crippen molar-refractivity contribution in [2.24, 2.45) is 11.7 Å². The van der Waals surface area contributed by atoms with Gasteiger partial charge in [0.2, 0.25) is 5.91 Å². The fourth-order valence-corrected chi connectivity index (χ4v) is 3.67. The van der Waals surface area contributed by atoms with Crippen molar-refractivity contribution in [3.05, 3.63) is 0 Å². The first-order valence-electron chi connectivity index (χ1n) is 6.04. The molecule has 6 heteroatoms. The highest BCUT2D eigenvalue weighted by Gasteiger charge is 2.24. The van der Waals surface area contributed by atoms with Crippen LogP contribution >= 0.6 is 0 Å². The van der Waals surface area contributed by atoms with Crippen LogP contribution in [-0.4, -0.2) is 49.9 Å². The molecule has 0 aromatic heterocycles. The topological polar surface area (TPSA) is 80.5 Å². The SMILES string of the molecule is CC(C)CS(=O)(=O)CCC(=O)N1CC[C@@H](N)C1. The maximum atomic E-state index is 11.7. The van der Waals surface area contributed by atoms with Crippen LogP contribution in [0.25, 0.3) is 0 Å². The molecule has 1 aliphatic rings. The van der Waals surface area contributed by atoms with Gasteiger partial charge < -0.3 is 10.6 Å². The van der Waals surface area contributed by atoms with Gasteiger partial charge in [0, 0.05) is 25.6 Å². The molecule has 1 amide bonds. The van der Waals surface area contributed by atoms with Gasteiger partial charge in [0.1, 0.15) is 0 Å². The summed E-state index contributed by atoms with van der Waals surface area (Å²) in [4.78, 5) is 13.4. The van der Waals surface area contributed by atoms with Crippen molar-refractivity contribution in [3.8, 4) is 0 Å². The standard InChI is InChI=1S/C11H22N2O3S/c1-9(2)8-17(15,16)6-4-11(14)13-5-3-10(12)7-13/h9-10H,3-8,12H2,1-2H3/t10-/m1/s1. The normalized spacial score (nSPS) is 21.2. The van der Waals surface area contributed by atoms with Crippen molar-refractivity contribution < 1.29 is 13.2 Å². The number of nitrogens with two attached hydrogens (primary N) is 1. The third-order valence-electron chi connectivity index (χ3n) is 2.79. The summed E-state index contributed by atoms with van der Waals surface area (Å²) in [5, 5.41) is 0. The number of sulfone groups is 1. The van der Waals surface area contributed by atoms with E-state index in [4.69, 9.17) is 5.73 Å². The van der Waals surface area contributed by atoms with E-state index in [1.54, 1.807) is 4.90 Å². The number of carbonyl (C=O) groups is 1. The van der Waals surface area contributed by atoms with E-state index >= 15 is 0 Å². The van der Waals surface area contributed by atoms with Crippen LogP contribution in [0.3, 0.4) is 0 Å². The average Bonchev–Trinajstić information content (AvgIpc) is 2.59. The Morgan fingerprint density at radius 3 is 2.59 bits per heavy atom. The lowest BCUT2D eigenvalue weighted by atomic mass is 10.3. The zero-order chi connectivity index (χ0) is 13.1. The highest BCUT2D eigenvalue weighted by molar-refractivity contribution is 7.91. The Morgan fingerprint density at radius 2 is 2.12 bits per heavy atom. The second-order valence-electron chi connectivity index (χ2n) is 5.15. The zero-order valence-electron chi connectivity index (χ0n) is 10.6. The summed E-state index contributed by atoms with van der Waals surface area (Å²) < 4.78 is 23.3. The van der Waals surface area contributed by atoms with Gasteiger partial charge in [-0.3, -0.25) is 4.79 Å². The molecule has 1 aliphatic heterocycles. The van der Waals surface area contributed by atoms with Gasteiger partial charge in [-0.2, -0.15) is 0 Å². The molecule has 1 fully saturated rings. The summed E-state index contributed by atoms with van der Waals surface area (Å²) in [5.41, 5.74) is 5.70. The molecule has 0 aromatic carbocycles. The van der Waals surface area contributed by atoms with Crippen molar-refractivity contribution in [2.75, 3.05) is 24.6 Å². The summed E-state index contributed by atoms with van der Waals surface area (Å²) in [6.45, 7) is 4.94. The highest BCUT2D eigenvalue weighted by Crippen LogP contribution is 2.10. The Balaban J connectivity index is 2.38. The molecular formula is C11H22N2O3S. The van der Waals surface area contributed by atoms with Gasteiger partial charge in [0.15, 0.2) is 9.84 Å². The number of amides is 1. The summed E-state index contributed by atoms with van der Waals surface area (Å²) in [6, 6.07) is 0.0474. The maximum absolute atomic E-state index is 11.7. The molecule has 1 atom stereocenters. The molecule has 0 spiro atoms. The quantitative estimate of drug-likeness (QED) is 0.756. The minimum atomic E-state index is -3.10. The third kappa shape index (κ3) is 5.04. The van der Waals surface area contributed by atoms with E-state index < -0.39 is 9.84 Å². The largest absolute Gasteiger partial charge is 0.341 e. The van der Waals surface area contributed by atoms with E-state index in [9.17, 15) is 13.2 Å². The second-order valence-corrected chi connectivity index (χ2v) is 7.38. The van der Waals surface area contributed by atoms with E-state index in [0.29, 0.717) is 13.1 Å². The smallest absolute Gasteiger partial charge is 0.223 e. The minimum Gasteiger partial charge on any atom is -0.341 e. The monoisotopic (exact) mass is 262 g/mol. The number of hydrogen-bond acceptors (Lipinski definition) is 4. The van der Waals surface area contributed by atoms with Gasteiger partial charge in [-0.05, 0) is 12.3 Å². The first-order chi connectivity index (χ1) is 7.80. The predicted octanol–water partition coefficient (Wildman–Crippen LogP) is 0.00690. The van der Waals surface area contributed by atoms with E-state index in [2.05, 4.69) is 0 Å². The van der Waals surface area contributed by atoms with Crippen molar-refractivity contribution in [1.29, 1.82) is 0 Å². The van der Waals surface area contributed by atoms with Crippen molar-refractivity contribution in [1.82, 2.24) is 4.90 Å². The van der Waals surface area contributed by atoms with Crippen LogP contribution in [-0.2, 0) is 14.6 Å². The Bertz CT molecular complexity index is 365. The number of likely N-dealkylation sites (tertiary alicyclic amines) is 1. The molecule has 5 nitrogen and oxygen atoms in total. The second kappa shape index (κ2) is 5.82. The molecule has 0 unspecified atom stereocenters. The van der Waals surface area contributed by atoms with Crippen molar-refractivity contribution in [3.63, 3.8) is 0 Å². The van der Waals surface area contributed by atoms with Gasteiger partial charge in [-0.1, -0.05) is 13.8 Å². The number of rotatable bonds is 5. The Kier molecular flexibility index (Phi) is 4.94. The lowest BCUT2D eigenvalue weighted by Gasteiger charge is -2.15. The Morgan fingerprint density at radius 1 is 1.47 bits per heavy atom. The number of hydrogen-bond donors (Lipinski definition) is 1. The van der Waals surface area contributed by atoms with Gasteiger partial charge >= 0.3 is 0 Å². The van der Waals surface area contributed by atoms with Gasteiger partial charge in [-0.15, -0.1) is 0 Å². The molecule has 17 heavy (non-hydrogen) atoms. The lowest BCUT2D eigenvalue weighted by molar-refractivity contribution is -0.129. The average molecular weight is 262 g/mol. The molecule has 100 valence electrons. The predicted molar refractivity (Wildman–Crippen MR) is 67.3 cm³/mol. The molecule has 1 heterocycles. The van der Waals surface area contributed by atoms with E-state index in [-0.39, 0.29) is 35.8 Å². The lowest BCUT2D eigenvalue weighted by Crippen LogP contribution is -2.33. The summed E-state index contributed by atoms with van der Waals surface area (Å²) in [6.07, 6.45) is 0.895. The fraction of sp³-hybridized carbons (Fsp3) is 0.909. The van der Waals surface area contributed by atoms with E-state index in [1.165, 1.54) is 0 Å². The van der Waals surface area contributed by atoms with Crippen LogP contribution in [0, 0.1) is 5.92 Å². The van der Waals surface area contributed by atoms with Crippen LogP contribution in [0.4, 0.5) is 0 Å². The van der Waals surface area contributed by atoms with Gasteiger partial charge in [0.05, 0.1) is 11.5 Å². The molecule has 0 radical (unpaired) electrons.